The molecular weight excluding hydrogens is 523 g/mol. The van der Waals surface area contributed by atoms with Gasteiger partial charge in [0.1, 0.15) is 0 Å². The van der Waals surface area contributed by atoms with Crippen molar-refractivity contribution < 1.29 is 27.8 Å². The van der Waals surface area contributed by atoms with Gasteiger partial charge in [-0.2, -0.15) is 0 Å². The first-order chi connectivity index (χ1) is 18.6. The Morgan fingerprint density at radius 3 is 1.30 bits per heavy atom. The molecule has 11 atom stereocenters. The van der Waals surface area contributed by atoms with Crippen LogP contribution >= 0.6 is 8.60 Å². The average Bonchev–Trinajstić information content (AvgIpc) is 3.02. The largest absolute Gasteiger partial charge is 0.381 e. The summed E-state index contributed by atoms with van der Waals surface area (Å²) < 4.78 is 39.4. The fourth-order valence-corrected chi connectivity index (χ4v) is 10.1. The van der Waals surface area contributed by atoms with E-state index in [9.17, 15) is 0 Å². The fourth-order valence-electron chi connectivity index (χ4n) is 8.46. The van der Waals surface area contributed by atoms with Gasteiger partial charge in [0.05, 0.1) is 36.6 Å². The van der Waals surface area contributed by atoms with E-state index in [2.05, 4.69) is 62.3 Å². The number of ether oxygens (including phenoxy) is 3. The highest BCUT2D eigenvalue weighted by Gasteiger charge is 2.57. The lowest BCUT2D eigenvalue weighted by molar-refractivity contribution is -0.120. The van der Waals surface area contributed by atoms with Crippen LogP contribution in [0.5, 0.6) is 0 Å². The van der Waals surface area contributed by atoms with Crippen LogP contribution in [-0.4, -0.2) is 58.0 Å². The highest BCUT2D eigenvalue weighted by Crippen LogP contribution is 2.62. The van der Waals surface area contributed by atoms with Crippen LogP contribution < -0.4 is 0 Å². The maximum Gasteiger partial charge on any atom is 0.333 e. The van der Waals surface area contributed by atoms with E-state index in [1.165, 1.54) is 0 Å². The van der Waals surface area contributed by atoms with Crippen LogP contribution in [0.25, 0.3) is 0 Å². The molecule has 4 rings (SSSR count). The van der Waals surface area contributed by atoms with Crippen LogP contribution in [0.4, 0.5) is 0 Å². The molecule has 0 spiro atoms. The summed E-state index contributed by atoms with van der Waals surface area (Å²) in [6.45, 7) is 21.2. The molecule has 234 valence electrons. The van der Waals surface area contributed by atoms with E-state index < -0.39 is 8.60 Å². The number of methoxy groups -OCH3 is 3. The van der Waals surface area contributed by atoms with Crippen molar-refractivity contribution >= 4 is 8.60 Å². The molecule has 1 saturated heterocycles. The predicted molar refractivity (Wildman–Crippen MR) is 162 cm³/mol. The summed E-state index contributed by atoms with van der Waals surface area (Å²) in [4.78, 5) is 0. The third kappa shape index (κ3) is 7.28. The van der Waals surface area contributed by atoms with E-state index in [0.717, 1.165) is 44.9 Å². The Morgan fingerprint density at radius 2 is 0.925 bits per heavy atom. The van der Waals surface area contributed by atoms with Gasteiger partial charge < -0.3 is 27.8 Å². The van der Waals surface area contributed by atoms with E-state index in [1.807, 2.05) is 21.3 Å². The molecule has 7 heteroatoms. The summed E-state index contributed by atoms with van der Waals surface area (Å²) in [5.41, 5.74) is 0.289. The summed E-state index contributed by atoms with van der Waals surface area (Å²) >= 11 is 0. The SMILES string of the molecule is COC1CCC(OP2OC3C(CC(OC)CC3C(C)(C)C)C3CC(OC)CC(C(C)(C)C)C3O2)C(C(C)(C)C)C1. The first-order valence-corrected chi connectivity index (χ1v) is 17.0. The second-order valence-corrected chi connectivity index (χ2v) is 17.7. The molecule has 4 fully saturated rings. The molecular formula is C33H61O6P. The van der Waals surface area contributed by atoms with Crippen molar-refractivity contribution in [2.24, 2.45) is 45.8 Å². The lowest BCUT2D eigenvalue weighted by Crippen LogP contribution is -2.53. The standard InChI is InChI=1S/C33H61O6P/c1-31(2,3)25-17-20(34-10)13-14-28(25)37-40-38-29-23(15-21(35-11)18-26(29)32(4,5)6)24-16-22(36-12)19-27(30(24)39-40)33(7,8)9/h20-30H,13-19H2,1-12H3. The third-order valence-corrected chi connectivity index (χ3v) is 12.3. The topological polar surface area (TPSA) is 55.4 Å². The highest BCUT2D eigenvalue weighted by atomic mass is 31.2. The zero-order chi connectivity index (χ0) is 29.6. The number of hydrogen-bond donors (Lipinski definition) is 0. The minimum Gasteiger partial charge on any atom is -0.381 e. The summed E-state index contributed by atoms with van der Waals surface area (Å²) in [5.74, 6) is 1.83. The van der Waals surface area contributed by atoms with Gasteiger partial charge in [-0.05, 0) is 90.8 Å². The molecule has 1 aliphatic heterocycles. The minimum atomic E-state index is -1.51. The average molecular weight is 585 g/mol. The van der Waals surface area contributed by atoms with Crippen LogP contribution in [-0.2, 0) is 27.8 Å². The molecule has 0 N–H and O–H groups in total. The van der Waals surface area contributed by atoms with Gasteiger partial charge in [0.15, 0.2) is 0 Å². The molecule has 0 aromatic rings. The van der Waals surface area contributed by atoms with Gasteiger partial charge in [0, 0.05) is 21.3 Å². The van der Waals surface area contributed by atoms with E-state index in [4.69, 9.17) is 27.8 Å². The number of hydrogen-bond acceptors (Lipinski definition) is 6. The van der Waals surface area contributed by atoms with Crippen molar-refractivity contribution in [3.63, 3.8) is 0 Å². The zero-order valence-electron chi connectivity index (χ0n) is 27.7. The summed E-state index contributed by atoms with van der Waals surface area (Å²) in [5, 5.41) is 0. The Hall–Kier alpha value is 0.190. The molecule has 0 aromatic carbocycles. The number of rotatable bonds is 5. The summed E-state index contributed by atoms with van der Waals surface area (Å²) in [6, 6.07) is 0. The molecule has 0 radical (unpaired) electrons. The fraction of sp³-hybridized carbons (Fsp3) is 1.00. The summed E-state index contributed by atoms with van der Waals surface area (Å²) in [7, 11) is 4.10. The smallest absolute Gasteiger partial charge is 0.333 e. The minimum absolute atomic E-state index is 0.0875. The van der Waals surface area contributed by atoms with E-state index in [1.54, 1.807) is 0 Å². The zero-order valence-corrected chi connectivity index (χ0v) is 28.6. The Balaban J connectivity index is 1.72. The molecule has 11 unspecified atom stereocenters. The quantitative estimate of drug-likeness (QED) is 0.302. The summed E-state index contributed by atoms with van der Waals surface area (Å²) in [6.07, 6.45) is 8.15. The van der Waals surface area contributed by atoms with Gasteiger partial charge >= 0.3 is 8.60 Å². The molecule has 3 aliphatic carbocycles. The van der Waals surface area contributed by atoms with Crippen LogP contribution in [0.2, 0.25) is 0 Å². The van der Waals surface area contributed by atoms with Crippen molar-refractivity contribution in [2.75, 3.05) is 21.3 Å². The lowest BCUT2D eigenvalue weighted by Gasteiger charge is -2.51. The Kier molecular flexibility index (Phi) is 10.5. The van der Waals surface area contributed by atoms with Crippen molar-refractivity contribution in [1.82, 2.24) is 0 Å². The van der Waals surface area contributed by atoms with E-state index in [-0.39, 0.29) is 46.8 Å². The number of fused-ring (bicyclic) bond motifs is 3. The van der Waals surface area contributed by atoms with Gasteiger partial charge in [-0.15, -0.1) is 0 Å². The van der Waals surface area contributed by atoms with Gasteiger partial charge in [0.25, 0.3) is 0 Å². The Labute approximate surface area is 247 Å². The molecule has 6 nitrogen and oxygen atoms in total. The highest BCUT2D eigenvalue weighted by molar-refractivity contribution is 7.41. The maximum atomic E-state index is 7.18. The molecule has 4 aliphatic rings. The third-order valence-electron chi connectivity index (χ3n) is 11.0. The Bertz CT molecular complexity index is 769. The maximum absolute atomic E-state index is 7.18. The molecule has 0 amide bonds. The lowest BCUT2D eigenvalue weighted by atomic mass is 9.57. The van der Waals surface area contributed by atoms with Gasteiger partial charge in [0.2, 0.25) is 0 Å². The van der Waals surface area contributed by atoms with E-state index in [0.29, 0.717) is 35.7 Å². The van der Waals surface area contributed by atoms with E-state index >= 15 is 0 Å². The predicted octanol–water partition coefficient (Wildman–Crippen LogP) is 8.42. The van der Waals surface area contributed by atoms with Gasteiger partial charge in [-0.25, -0.2) is 0 Å². The van der Waals surface area contributed by atoms with Crippen molar-refractivity contribution in [2.45, 2.75) is 144 Å². The normalized spacial score (nSPS) is 43.5. The molecule has 0 aromatic heterocycles. The second kappa shape index (κ2) is 12.7. The molecule has 3 saturated carbocycles. The van der Waals surface area contributed by atoms with Crippen molar-refractivity contribution in [3.8, 4) is 0 Å². The van der Waals surface area contributed by atoms with Crippen LogP contribution in [0.15, 0.2) is 0 Å². The first kappa shape index (κ1) is 33.1. The van der Waals surface area contributed by atoms with Gasteiger partial charge in [-0.3, -0.25) is 0 Å². The van der Waals surface area contributed by atoms with Crippen LogP contribution in [0.1, 0.15) is 107 Å². The molecule has 40 heavy (non-hydrogen) atoms. The Morgan fingerprint density at radius 1 is 0.525 bits per heavy atom. The van der Waals surface area contributed by atoms with Crippen molar-refractivity contribution in [1.29, 1.82) is 0 Å². The van der Waals surface area contributed by atoms with Crippen molar-refractivity contribution in [3.05, 3.63) is 0 Å². The van der Waals surface area contributed by atoms with Crippen LogP contribution in [0.3, 0.4) is 0 Å². The molecule has 0 bridgehead atoms. The van der Waals surface area contributed by atoms with Gasteiger partial charge in [-0.1, -0.05) is 62.3 Å². The monoisotopic (exact) mass is 584 g/mol. The van der Waals surface area contributed by atoms with Crippen LogP contribution in [0, 0.1) is 45.8 Å². The first-order valence-electron chi connectivity index (χ1n) is 16.0. The molecule has 1 heterocycles. The second-order valence-electron chi connectivity index (χ2n) is 16.6.